The van der Waals surface area contributed by atoms with Crippen molar-refractivity contribution < 1.29 is 9.53 Å². The lowest BCUT2D eigenvalue weighted by atomic mass is 9.96. The van der Waals surface area contributed by atoms with E-state index in [2.05, 4.69) is 19.2 Å². The molecule has 0 aliphatic carbocycles. The number of rotatable bonds is 2. The van der Waals surface area contributed by atoms with Crippen LogP contribution in [-0.2, 0) is 4.74 Å². The van der Waals surface area contributed by atoms with Gasteiger partial charge in [0.1, 0.15) is 5.60 Å². The summed E-state index contributed by atoms with van der Waals surface area (Å²) in [6, 6.07) is 0.399. The summed E-state index contributed by atoms with van der Waals surface area (Å²) in [5.41, 5.74) is -0.411. The van der Waals surface area contributed by atoms with E-state index in [0.29, 0.717) is 12.0 Å². The van der Waals surface area contributed by atoms with Crippen molar-refractivity contribution in [3.05, 3.63) is 0 Å². The Kier molecular flexibility index (Phi) is 4.80. The smallest absolute Gasteiger partial charge is 0.410 e. The predicted octanol–water partition coefficient (Wildman–Crippen LogP) is 2.24. The number of nitrogens with zero attached hydrogens (tertiary/aromatic N) is 1. The summed E-state index contributed by atoms with van der Waals surface area (Å²) in [5.74, 6) is 0.528. The molecule has 0 saturated carbocycles. The third-order valence-electron chi connectivity index (χ3n) is 2.80. The van der Waals surface area contributed by atoms with Crippen LogP contribution in [0.2, 0.25) is 0 Å². The van der Waals surface area contributed by atoms with Gasteiger partial charge in [-0.3, -0.25) is 0 Å². The van der Waals surface area contributed by atoms with E-state index >= 15 is 0 Å². The second kappa shape index (κ2) is 5.71. The molecule has 2 unspecified atom stereocenters. The van der Waals surface area contributed by atoms with Gasteiger partial charge in [0.25, 0.3) is 0 Å². The Balaban J connectivity index is 2.54. The maximum absolute atomic E-state index is 12.0. The van der Waals surface area contributed by atoms with Crippen LogP contribution in [0.1, 0.15) is 41.0 Å². The van der Waals surface area contributed by atoms with E-state index in [0.717, 1.165) is 26.1 Å². The summed E-state index contributed by atoms with van der Waals surface area (Å²) in [5, 5.41) is 3.41. The summed E-state index contributed by atoms with van der Waals surface area (Å²) in [7, 11) is 0. The molecule has 1 aliphatic heterocycles. The summed E-state index contributed by atoms with van der Waals surface area (Å²) in [6.07, 6.45) is 0.944. The first-order chi connectivity index (χ1) is 7.81. The fourth-order valence-electron chi connectivity index (χ4n) is 2.26. The number of ether oxygens (including phenoxy) is 1. The average molecular weight is 242 g/mol. The highest BCUT2D eigenvalue weighted by atomic mass is 16.6. The SMILES string of the molecule is CCNC1CC(C)CN(C(=O)OC(C)(C)C)C1. The Morgan fingerprint density at radius 2 is 2.06 bits per heavy atom. The van der Waals surface area contributed by atoms with Gasteiger partial charge in [-0.1, -0.05) is 13.8 Å². The van der Waals surface area contributed by atoms with Gasteiger partial charge < -0.3 is 15.0 Å². The standard InChI is InChI=1S/C13H26N2O2/c1-6-14-11-7-10(2)8-15(9-11)12(16)17-13(3,4)5/h10-11,14H,6-9H2,1-5H3. The fourth-order valence-corrected chi connectivity index (χ4v) is 2.26. The predicted molar refractivity (Wildman–Crippen MR) is 69.1 cm³/mol. The monoisotopic (exact) mass is 242 g/mol. The summed E-state index contributed by atoms with van der Waals surface area (Å²) in [4.78, 5) is 13.8. The molecule has 0 aromatic carbocycles. The molecule has 1 amide bonds. The van der Waals surface area contributed by atoms with Crippen molar-refractivity contribution in [2.45, 2.75) is 52.7 Å². The maximum Gasteiger partial charge on any atom is 0.410 e. The summed E-state index contributed by atoms with van der Waals surface area (Å²) < 4.78 is 5.41. The third-order valence-corrected chi connectivity index (χ3v) is 2.80. The van der Waals surface area contributed by atoms with Crippen molar-refractivity contribution in [3.63, 3.8) is 0 Å². The number of carbonyl (C=O) groups excluding carboxylic acids is 1. The minimum atomic E-state index is -0.411. The first-order valence-corrected chi connectivity index (χ1v) is 6.53. The number of hydrogen-bond acceptors (Lipinski definition) is 3. The second-order valence-electron chi connectivity index (χ2n) is 5.98. The molecular formula is C13H26N2O2. The van der Waals surface area contributed by atoms with Crippen molar-refractivity contribution in [2.75, 3.05) is 19.6 Å². The zero-order valence-corrected chi connectivity index (χ0v) is 11.7. The molecule has 0 spiro atoms. The minimum absolute atomic E-state index is 0.188. The quantitative estimate of drug-likeness (QED) is 0.807. The number of nitrogens with one attached hydrogen (secondary N) is 1. The van der Waals surface area contributed by atoms with Crippen LogP contribution in [0.4, 0.5) is 4.79 Å². The highest BCUT2D eigenvalue weighted by Crippen LogP contribution is 2.19. The molecule has 100 valence electrons. The van der Waals surface area contributed by atoms with E-state index in [1.54, 1.807) is 0 Å². The highest BCUT2D eigenvalue weighted by Gasteiger charge is 2.30. The van der Waals surface area contributed by atoms with Crippen LogP contribution in [0, 0.1) is 5.92 Å². The summed E-state index contributed by atoms with van der Waals surface area (Å²) in [6.45, 7) is 12.5. The molecule has 17 heavy (non-hydrogen) atoms. The van der Waals surface area contributed by atoms with Crippen molar-refractivity contribution >= 4 is 6.09 Å². The van der Waals surface area contributed by atoms with Gasteiger partial charge in [-0.15, -0.1) is 0 Å². The van der Waals surface area contributed by atoms with Crippen LogP contribution in [0.5, 0.6) is 0 Å². The third kappa shape index (κ3) is 4.94. The van der Waals surface area contributed by atoms with Gasteiger partial charge in [0.15, 0.2) is 0 Å². The van der Waals surface area contributed by atoms with Crippen molar-refractivity contribution in [1.82, 2.24) is 10.2 Å². The van der Waals surface area contributed by atoms with Crippen LogP contribution >= 0.6 is 0 Å². The van der Waals surface area contributed by atoms with Crippen molar-refractivity contribution in [3.8, 4) is 0 Å². The molecule has 1 N–H and O–H groups in total. The van der Waals surface area contributed by atoms with Crippen molar-refractivity contribution in [2.24, 2.45) is 5.92 Å². The molecular weight excluding hydrogens is 216 g/mol. The van der Waals surface area contributed by atoms with Crippen LogP contribution < -0.4 is 5.32 Å². The molecule has 1 saturated heterocycles. The Bertz CT molecular complexity index is 261. The average Bonchev–Trinajstić information content (AvgIpc) is 2.14. The van der Waals surface area contributed by atoms with E-state index in [1.807, 2.05) is 25.7 Å². The second-order valence-corrected chi connectivity index (χ2v) is 5.98. The molecule has 4 heteroatoms. The van der Waals surface area contributed by atoms with Crippen LogP contribution in [0.3, 0.4) is 0 Å². The molecule has 0 radical (unpaired) electrons. The molecule has 4 nitrogen and oxygen atoms in total. The number of likely N-dealkylation sites (N-methyl/N-ethyl adjacent to an activating group) is 1. The molecule has 1 fully saturated rings. The zero-order chi connectivity index (χ0) is 13.1. The van der Waals surface area contributed by atoms with Gasteiger partial charge in [-0.2, -0.15) is 0 Å². The number of carbonyl (C=O) groups is 1. The first-order valence-electron chi connectivity index (χ1n) is 6.53. The van der Waals surface area contributed by atoms with Crippen LogP contribution in [-0.4, -0.2) is 42.3 Å². The largest absolute Gasteiger partial charge is 0.444 e. The van der Waals surface area contributed by atoms with Gasteiger partial charge in [0.05, 0.1) is 0 Å². The van der Waals surface area contributed by atoms with Gasteiger partial charge in [0.2, 0.25) is 0 Å². The van der Waals surface area contributed by atoms with Gasteiger partial charge in [-0.05, 0) is 39.7 Å². The molecule has 0 bridgehead atoms. The number of likely N-dealkylation sites (tertiary alicyclic amines) is 1. The maximum atomic E-state index is 12.0. The lowest BCUT2D eigenvalue weighted by molar-refractivity contribution is 0.0138. The lowest BCUT2D eigenvalue weighted by Gasteiger charge is -2.37. The normalized spacial score (nSPS) is 25.8. The Morgan fingerprint density at radius 1 is 1.41 bits per heavy atom. The molecule has 2 atom stereocenters. The molecule has 1 aliphatic rings. The number of amides is 1. The van der Waals surface area contributed by atoms with E-state index in [4.69, 9.17) is 4.74 Å². The minimum Gasteiger partial charge on any atom is -0.444 e. The van der Waals surface area contributed by atoms with Gasteiger partial charge in [0, 0.05) is 19.1 Å². The molecule has 1 heterocycles. The van der Waals surface area contributed by atoms with Crippen LogP contribution in [0.15, 0.2) is 0 Å². The van der Waals surface area contributed by atoms with Crippen LogP contribution in [0.25, 0.3) is 0 Å². The Labute approximate surface area is 105 Å². The lowest BCUT2D eigenvalue weighted by Crippen LogP contribution is -2.51. The topological polar surface area (TPSA) is 41.6 Å². The zero-order valence-electron chi connectivity index (χ0n) is 11.7. The number of piperidine rings is 1. The van der Waals surface area contributed by atoms with E-state index < -0.39 is 5.60 Å². The molecule has 1 rings (SSSR count). The van der Waals surface area contributed by atoms with Gasteiger partial charge >= 0.3 is 6.09 Å². The van der Waals surface area contributed by atoms with E-state index in [-0.39, 0.29) is 6.09 Å². The molecule has 0 aromatic heterocycles. The fraction of sp³-hybridized carbons (Fsp3) is 0.923. The number of hydrogen-bond donors (Lipinski definition) is 1. The highest BCUT2D eigenvalue weighted by molar-refractivity contribution is 5.68. The molecule has 0 aromatic rings. The van der Waals surface area contributed by atoms with Gasteiger partial charge in [-0.25, -0.2) is 4.79 Å². The Hall–Kier alpha value is -0.770. The van der Waals surface area contributed by atoms with E-state index in [9.17, 15) is 4.79 Å². The Morgan fingerprint density at radius 3 is 2.59 bits per heavy atom. The van der Waals surface area contributed by atoms with Crippen molar-refractivity contribution in [1.29, 1.82) is 0 Å². The van der Waals surface area contributed by atoms with E-state index in [1.165, 1.54) is 0 Å². The summed E-state index contributed by atoms with van der Waals surface area (Å²) >= 11 is 0. The first kappa shape index (κ1) is 14.3.